The normalized spacial score (nSPS) is 20.2. The van der Waals surface area contributed by atoms with E-state index in [9.17, 15) is 4.79 Å². The van der Waals surface area contributed by atoms with Crippen molar-refractivity contribution in [3.05, 3.63) is 23.4 Å². The Labute approximate surface area is 155 Å². The molecule has 0 spiro atoms. The van der Waals surface area contributed by atoms with Crippen molar-refractivity contribution in [1.82, 2.24) is 20.1 Å². The molecule has 0 bridgehead atoms. The lowest BCUT2D eigenvalue weighted by molar-refractivity contribution is 0.151. The molecule has 138 valence electrons. The number of urea groups is 1. The predicted octanol–water partition coefficient (Wildman–Crippen LogP) is 2.44. The van der Waals surface area contributed by atoms with Crippen molar-refractivity contribution < 1.29 is 4.79 Å². The molecule has 3 heterocycles. The third-order valence-corrected chi connectivity index (χ3v) is 5.41. The standard InChI is InChI=1S/C18H28ClN5O/c1-14(2)22-7-5-16(6-8-22)21-18(25)24-11-9-23(10-12-24)17-4-3-15(19)13-20-17/h3-4,13-14,16H,5-12H2,1-2H3,(H,21,25). The zero-order valence-corrected chi connectivity index (χ0v) is 15.9. The van der Waals surface area contributed by atoms with Crippen LogP contribution in [0, 0.1) is 0 Å². The van der Waals surface area contributed by atoms with Crippen molar-refractivity contribution in [2.45, 2.75) is 38.8 Å². The third kappa shape index (κ3) is 4.76. The second-order valence-electron chi connectivity index (χ2n) is 7.16. The zero-order valence-electron chi connectivity index (χ0n) is 15.1. The number of halogens is 1. The number of pyridine rings is 1. The van der Waals surface area contributed by atoms with Gasteiger partial charge in [-0.05, 0) is 38.8 Å². The molecule has 2 aliphatic heterocycles. The monoisotopic (exact) mass is 365 g/mol. The molecule has 3 rings (SSSR count). The maximum absolute atomic E-state index is 12.5. The summed E-state index contributed by atoms with van der Waals surface area (Å²) in [4.78, 5) is 23.5. The lowest BCUT2D eigenvalue weighted by Crippen LogP contribution is -2.55. The molecule has 0 aromatic carbocycles. The summed E-state index contributed by atoms with van der Waals surface area (Å²) < 4.78 is 0. The highest BCUT2D eigenvalue weighted by Gasteiger charge is 2.26. The SMILES string of the molecule is CC(C)N1CCC(NC(=O)N2CCN(c3ccc(Cl)cn3)CC2)CC1. The van der Waals surface area contributed by atoms with E-state index in [1.165, 1.54) is 0 Å². The maximum Gasteiger partial charge on any atom is 0.317 e. The first-order chi connectivity index (χ1) is 12.0. The molecule has 0 radical (unpaired) electrons. The molecule has 1 aromatic heterocycles. The lowest BCUT2D eigenvalue weighted by Gasteiger charge is -2.38. The maximum atomic E-state index is 12.5. The van der Waals surface area contributed by atoms with Gasteiger partial charge < -0.3 is 20.0 Å². The molecule has 0 unspecified atom stereocenters. The van der Waals surface area contributed by atoms with Gasteiger partial charge in [-0.2, -0.15) is 0 Å². The Kier molecular flexibility index (Phi) is 6.02. The number of carbonyl (C=O) groups excluding carboxylic acids is 1. The van der Waals surface area contributed by atoms with E-state index in [1.807, 2.05) is 17.0 Å². The van der Waals surface area contributed by atoms with Gasteiger partial charge in [0.2, 0.25) is 0 Å². The minimum Gasteiger partial charge on any atom is -0.353 e. The Hall–Kier alpha value is -1.53. The molecule has 6 nitrogen and oxygen atoms in total. The largest absolute Gasteiger partial charge is 0.353 e. The first-order valence-corrected chi connectivity index (χ1v) is 9.56. The molecule has 1 aromatic rings. The smallest absolute Gasteiger partial charge is 0.317 e. The van der Waals surface area contributed by atoms with E-state index in [0.29, 0.717) is 17.1 Å². The summed E-state index contributed by atoms with van der Waals surface area (Å²) in [7, 11) is 0. The molecule has 2 fully saturated rings. The first kappa shape index (κ1) is 18.3. The van der Waals surface area contributed by atoms with Crippen LogP contribution in [-0.2, 0) is 0 Å². The van der Waals surface area contributed by atoms with Gasteiger partial charge in [0.25, 0.3) is 0 Å². The number of nitrogens with one attached hydrogen (secondary N) is 1. The molecule has 0 atom stereocenters. The molecule has 2 aliphatic rings. The molecule has 1 N–H and O–H groups in total. The zero-order chi connectivity index (χ0) is 17.8. The Morgan fingerprint density at radius 3 is 2.40 bits per heavy atom. The van der Waals surface area contributed by atoms with E-state index in [0.717, 1.165) is 57.9 Å². The minimum absolute atomic E-state index is 0.0757. The van der Waals surface area contributed by atoms with Crippen molar-refractivity contribution in [3.8, 4) is 0 Å². The Morgan fingerprint density at radius 2 is 1.84 bits per heavy atom. The summed E-state index contributed by atoms with van der Waals surface area (Å²) in [5, 5.41) is 3.86. The van der Waals surface area contributed by atoms with Crippen LogP contribution in [0.25, 0.3) is 0 Å². The summed E-state index contributed by atoms with van der Waals surface area (Å²) in [6.07, 6.45) is 3.75. The predicted molar refractivity (Wildman–Crippen MR) is 101 cm³/mol. The lowest BCUT2D eigenvalue weighted by atomic mass is 10.0. The van der Waals surface area contributed by atoms with Gasteiger partial charge in [0, 0.05) is 57.5 Å². The highest BCUT2D eigenvalue weighted by molar-refractivity contribution is 6.30. The summed E-state index contributed by atoms with van der Waals surface area (Å²) in [6, 6.07) is 4.75. The number of piperidine rings is 1. The van der Waals surface area contributed by atoms with E-state index in [2.05, 4.69) is 33.9 Å². The van der Waals surface area contributed by atoms with Crippen molar-refractivity contribution >= 4 is 23.4 Å². The fraction of sp³-hybridized carbons (Fsp3) is 0.667. The highest BCUT2D eigenvalue weighted by atomic mass is 35.5. The van der Waals surface area contributed by atoms with Crippen molar-refractivity contribution in [2.24, 2.45) is 0 Å². The molecule has 25 heavy (non-hydrogen) atoms. The molecular weight excluding hydrogens is 338 g/mol. The average Bonchev–Trinajstić information content (AvgIpc) is 2.63. The van der Waals surface area contributed by atoms with E-state index < -0.39 is 0 Å². The van der Waals surface area contributed by atoms with Crippen LogP contribution in [0.3, 0.4) is 0 Å². The van der Waals surface area contributed by atoms with Gasteiger partial charge in [0.15, 0.2) is 0 Å². The van der Waals surface area contributed by atoms with Crippen LogP contribution in [0.15, 0.2) is 18.3 Å². The fourth-order valence-corrected chi connectivity index (χ4v) is 3.63. The van der Waals surface area contributed by atoms with E-state index >= 15 is 0 Å². The van der Waals surface area contributed by atoms with E-state index in [4.69, 9.17) is 11.6 Å². The van der Waals surface area contributed by atoms with Crippen LogP contribution >= 0.6 is 11.6 Å². The van der Waals surface area contributed by atoms with Crippen LogP contribution in [0.2, 0.25) is 5.02 Å². The van der Waals surface area contributed by atoms with Crippen LogP contribution in [-0.4, -0.2) is 72.2 Å². The average molecular weight is 366 g/mol. The molecule has 2 amide bonds. The topological polar surface area (TPSA) is 51.7 Å². The Morgan fingerprint density at radius 1 is 1.16 bits per heavy atom. The van der Waals surface area contributed by atoms with Crippen LogP contribution in [0.4, 0.5) is 10.6 Å². The number of hydrogen-bond acceptors (Lipinski definition) is 4. The quantitative estimate of drug-likeness (QED) is 0.893. The van der Waals surface area contributed by atoms with Crippen molar-refractivity contribution in [2.75, 3.05) is 44.2 Å². The summed E-state index contributed by atoms with van der Waals surface area (Å²) >= 11 is 5.89. The van der Waals surface area contributed by atoms with Gasteiger partial charge in [-0.3, -0.25) is 0 Å². The number of hydrogen-bond donors (Lipinski definition) is 1. The molecule has 7 heteroatoms. The third-order valence-electron chi connectivity index (χ3n) is 5.19. The number of amides is 2. The van der Waals surface area contributed by atoms with Crippen molar-refractivity contribution in [3.63, 3.8) is 0 Å². The number of piperazine rings is 1. The van der Waals surface area contributed by atoms with Gasteiger partial charge in [-0.25, -0.2) is 9.78 Å². The number of rotatable bonds is 3. The van der Waals surface area contributed by atoms with Crippen LogP contribution in [0.5, 0.6) is 0 Å². The molecule has 2 saturated heterocycles. The van der Waals surface area contributed by atoms with Crippen molar-refractivity contribution in [1.29, 1.82) is 0 Å². The second kappa shape index (κ2) is 8.23. The molecule has 0 saturated carbocycles. The minimum atomic E-state index is 0.0757. The summed E-state index contributed by atoms with van der Waals surface area (Å²) in [6.45, 7) is 9.64. The number of carbonyl (C=O) groups is 1. The van der Waals surface area contributed by atoms with Crippen LogP contribution in [0.1, 0.15) is 26.7 Å². The number of nitrogens with zero attached hydrogens (tertiary/aromatic N) is 4. The summed E-state index contributed by atoms with van der Waals surface area (Å²) in [5.74, 6) is 0.922. The Bertz CT molecular complexity index is 563. The highest BCUT2D eigenvalue weighted by Crippen LogP contribution is 2.17. The van der Waals surface area contributed by atoms with Gasteiger partial charge in [0.05, 0.1) is 5.02 Å². The van der Waals surface area contributed by atoms with Crippen LogP contribution < -0.4 is 10.2 Å². The molecule has 0 aliphatic carbocycles. The van der Waals surface area contributed by atoms with E-state index in [-0.39, 0.29) is 6.03 Å². The van der Waals surface area contributed by atoms with E-state index in [1.54, 1.807) is 6.20 Å². The first-order valence-electron chi connectivity index (χ1n) is 9.19. The van der Waals surface area contributed by atoms with Gasteiger partial charge in [-0.15, -0.1) is 0 Å². The Balaban J connectivity index is 1.43. The number of likely N-dealkylation sites (tertiary alicyclic amines) is 1. The fourth-order valence-electron chi connectivity index (χ4n) is 3.52. The van der Waals surface area contributed by atoms with Gasteiger partial charge in [-0.1, -0.05) is 11.6 Å². The second-order valence-corrected chi connectivity index (χ2v) is 7.60. The van der Waals surface area contributed by atoms with Gasteiger partial charge >= 0.3 is 6.03 Å². The number of aromatic nitrogens is 1. The number of anilines is 1. The molecular formula is C18H28ClN5O. The van der Waals surface area contributed by atoms with Gasteiger partial charge in [0.1, 0.15) is 5.82 Å². The summed E-state index contributed by atoms with van der Waals surface area (Å²) in [5.41, 5.74) is 0.